The van der Waals surface area contributed by atoms with Gasteiger partial charge in [-0.2, -0.15) is 0 Å². The maximum absolute atomic E-state index is 13.0. The van der Waals surface area contributed by atoms with E-state index in [9.17, 15) is 14.7 Å². The van der Waals surface area contributed by atoms with Gasteiger partial charge in [-0.3, -0.25) is 14.9 Å². The number of thiazole rings is 1. The van der Waals surface area contributed by atoms with Crippen molar-refractivity contribution in [3.63, 3.8) is 0 Å². The van der Waals surface area contributed by atoms with Crippen LogP contribution in [-0.4, -0.2) is 33.3 Å². The predicted octanol–water partition coefficient (Wildman–Crippen LogP) is 9.01. The Hall–Kier alpha value is -2.22. The number of aromatic nitrogens is 1. The normalized spacial score (nSPS) is 11.6. The highest BCUT2D eigenvalue weighted by Gasteiger charge is 2.27. The van der Waals surface area contributed by atoms with Gasteiger partial charge < -0.3 is 5.11 Å². The molecule has 0 bridgehead atoms. The Kier molecular flexibility index (Phi) is 21.4. The van der Waals surface area contributed by atoms with E-state index in [0.717, 1.165) is 40.4 Å². The minimum absolute atomic E-state index is 0.0755. The van der Waals surface area contributed by atoms with E-state index < -0.39 is 18.1 Å². The van der Waals surface area contributed by atoms with E-state index in [1.54, 1.807) is 0 Å². The second-order valence-corrected chi connectivity index (χ2v) is 10.4. The second kappa shape index (κ2) is 22.7. The van der Waals surface area contributed by atoms with Crippen LogP contribution in [0.3, 0.4) is 0 Å². The van der Waals surface area contributed by atoms with Gasteiger partial charge in [0.15, 0.2) is 4.34 Å². The van der Waals surface area contributed by atoms with E-state index >= 15 is 0 Å². The average molecular weight is 561 g/mol. The molecule has 3 rings (SSSR count). The molecule has 0 aliphatic heterocycles. The number of rotatable bonds is 12. The number of carbonyl (C=O) groups excluding carboxylic acids is 1. The van der Waals surface area contributed by atoms with Crippen molar-refractivity contribution in [1.29, 1.82) is 0 Å². The summed E-state index contributed by atoms with van der Waals surface area (Å²) < 4.78 is 1.73. The third-order valence-electron chi connectivity index (χ3n) is 5.36. The smallest absolute Gasteiger partial charge is 0.320 e. The molecule has 0 aliphatic rings. The molecule has 2 aromatic carbocycles. The lowest BCUT2D eigenvalue weighted by Gasteiger charge is -2.22. The minimum Gasteiger partial charge on any atom is -0.480 e. The van der Waals surface area contributed by atoms with Gasteiger partial charge in [0.25, 0.3) is 0 Å². The molecule has 0 spiro atoms. The number of fused-ring (bicyclic) bond motifs is 1. The number of nitrogens with zero attached hydrogens (tertiary/aromatic N) is 1. The quantitative estimate of drug-likeness (QED) is 0.215. The summed E-state index contributed by atoms with van der Waals surface area (Å²) in [5, 5.41) is 12.7. The van der Waals surface area contributed by atoms with Crippen LogP contribution in [0.25, 0.3) is 10.2 Å². The van der Waals surface area contributed by atoms with Gasteiger partial charge in [-0.1, -0.05) is 117 Å². The van der Waals surface area contributed by atoms with Crippen molar-refractivity contribution >= 4 is 44.4 Å². The van der Waals surface area contributed by atoms with Crippen LogP contribution < -0.4 is 5.32 Å². The largest absolute Gasteiger partial charge is 0.480 e. The highest BCUT2D eigenvalue weighted by atomic mass is 32.2. The number of carbonyl (C=O) groups is 2. The fourth-order valence-electron chi connectivity index (χ4n) is 3.21. The Labute approximate surface area is 238 Å². The maximum atomic E-state index is 13.0. The fourth-order valence-corrected chi connectivity index (χ4v) is 5.23. The van der Waals surface area contributed by atoms with Gasteiger partial charge in [0.2, 0.25) is 5.12 Å². The molecule has 0 saturated carbocycles. The number of aliphatic carboxylic acids is 1. The molecule has 2 atom stereocenters. The van der Waals surface area contributed by atoms with E-state index in [0.29, 0.717) is 23.6 Å². The van der Waals surface area contributed by atoms with E-state index in [4.69, 9.17) is 0 Å². The maximum Gasteiger partial charge on any atom is 0.320 e. The number of aryl methyl sites for hydroxylation is 1. The first-order valence-corrected chi connectivity index (χ1v) is 15.7. The van der Waals surface area contributed by atoms with Crippen LogP contribution in [0.4, 0.5) is 0 Å². The third-order valence-corrected chi connectivity index (χ3v) is 7.44. The third kappa shape index (κ3) is 14.1. The van der Waals surface area contributed by atoms with Crippen LogP contribution in [0.1, 0.15) is 92.6 Å². The monoisotopic (exact) mass is 560 g/mol. The number of hydrogen-bond acceptors (Lipinski definition) is 6. The SMILES string of the molecule is CC.CC.CCCC.CCCC[C@H](N[C@@H](CCc1ccccc1)C(=O)O)C(=O)Sc1nc2ccccc2s1. The molecule has 7 heteroatoms. The van der Waals surface area contributed by atoms with Crippen molar-refractivity contribution < 1.29 is 14.7 Å². The number of nitrogens with one attached hydrogen (secondary N) is 1. The standard InChI is InChI=1S/C23H26N2O3S2.C4H10.2C2H6/c1-2-3-11-19(22(28)30-23-25-17-12-7-8-13-20(17)29-23)24-18(21(26)27)15-14-16-9-5-4-6-10-16;1-3-4-2;2*1-2/h4-10,12-13,18-19,24H,2-3,11,14-15H2,1H3,(H,26,27);3-4H2,1-2H3;2*1-2H3/t18-,19-;;;/m0.../s1. The van der Waals surface area contributed by atoms with Crippen molar-refractivity contribution in [1.82, 2.24) is 10.3 Å². The summed E-state index contributed by atoms with van der Waals surface area (Å²) in [7, 11) is 0. The Balaban J connectivity index is 0.00000153. The van der Waals surface area contributed by atoms with E-state index in [2.05, 4.69) is 31.1 Å². The summed E-state index contributed by atoms with van der Waals surface area (Å²) in [6.45, 7) is 14.4. The Morgan fingerprint density at radius 3 is 2.03 bits per heavy atom. The number of para-hydroxylation sites is 1. The number of benzene rings is 2. The first-order valence-electron chi connectivity index (χ1n) is 14.1. The zero-order valence-electron chi connectivity index (χ0n) is 24.3. The topological polar surface area (TPSA) is 79.3 Å². The van der Waals surface area contributed by atoms with Gasteiger partial charge in [0.05, 0.1) is 16.3 Å². The van der Waals surface area contributed by atoms with Gasteiger partial charge in [0.1, 0.15) is 6.04 Å². The molecule has 212 valence electrons. The van der Waals surface area contributed by atoms with Crippen molar-refractivity contribution in [2.24, 2.45) is 0 Å². The van der Waals surface area contributed by atoms with Crippen LogP contribution in [0.2, 0.25) is 0 Å². The Morgan fingerprint density at radius 1 is 0.868 bits per heavy atom. The summed E-state index contributed by atoms with van der Waals surface area (Å²) in [4.78, 5) is 29.4. The molecule has 0 unspecified atom stereocenters. The lowest BCUT2D eigenvalue weighted by Crippen LogP contribution is -2.46. The molecule has 0 saturated heterocycles. The summed E-state index contributed by atoms with van der Waals surface area (Å²) in [5.41, 5.74) is 1.97. The summed E-state index contributed by atoms with van der Waals surface area (Å²) in [6, 6.07) is 16.3. The highest BCUT2D eigenvalue weighted by Crippen LogP contribution is 2.31. The summed E-state index contributed by atoms with van der Waals surface area (Å²) >= 11 is 2.60. The molecule has 0 aliphatic carbocycles. The average Bonchev–Trinajstić information content (AvgIpc) is 3.37. The van der Waals surface area contributed by atoms with Gasteiger partial charge in [-0.15, -0.1) is 11.3 Å². The Morgan fingerprint density at radius 2 is 1.47 bits per heavy atom. The molecule has 1 heterocycles. The fraction of sp³-hybridized carbons (Fsp3) is 0.516. The second-order valence-electron chi connectivity index (χ2n) is 8.15. The van der Waals surface area contributed by atoms with Gasteiger partial charge >= 0.3 is 5.97 Å². The molecule has 5 nitrogen and oxygen atoms in total. The van der Waals surface area contributed by atoms with E-state index in [1.165, 1.54) is 24.2 Å². The molecule has 38 heavy (non-hydrogen) atoms. The van der Waals surface area contributed by atoms with Crippen molar-refractivity contribution in [2.75, 3.05) is 0 Å². The number of carboxylic acid groups (broad SMARTS) is 1. The van der Waals surface area contributed by atoms with E-state index in [1.807, 2.05) is 82.3 Å². The number of unbranched alkanes of at least 4 members (excludes halogenated alkanes) is 2. The number of hydrogen-bond donors (Lipinski definition) is 2. The number of carboxylic acids is 1. The zero-order valence-corrected chi connectivity index (χ0v) is 26.0. The predicted molar refractivity (Wildman–Crippen MR) is 166 cm³/mol. The van der Waals surface area contributed by atoms with Crippen molar-refractivity contribution in [2.45, 2.75) is 110 Å². The molecule has 0 fully saturated rings. The molecule has 0 radical (unpaired) electrons. The van der Waals surface area contributed by atoms with Crippen LogP contribution in [0.5, 0.6) is 0 Å². The minimum atomic E-state index is -0.926. The molecule has 1 aromatic heterocycles. The molecule has 0 amide bonds. The molecule has 2 N–H and O–H groups in total. The molecule has 3 aromatic rings. The molecular weight excluding hydrogens is 512 g/mol. The van der Waals surface area contributed by atoms with Gasteiger partial charge in [0, 0.05) is 0 Å². The lowest BCUT2D eigenvalue weighted by atomic mass is 10.0. The van der Waals surface area contributed by atoms with Gasteiger partial charge in [-0.25, -0.2) is 4.98 Å². The van der Waals surface area contributed by atoms with Gasteiger partial charge in [-0.05, 0) is 48.7 Å². The lowest BCUT2D eigenvalue weighted by molar-refractivity contribution is -0.140. The number of thioether (sulfide) groups is 1. The van der Waals surface area contributed by atoms with Crippen LogP contribution >= 0.6 is 23.1 Å². The first kappa shape index (κ1) is 35.8. The van der Waals surface area contributed by atoms with Crippen LogP contribution in [0, 0.1) is 0 Å². The highest BCUT2D eigenvalue weighted by molar-refractivity contribution is 8.15. The Bertz CT molecular complexity index is 974. The van der Waals surface area contributed by atoms with Crippen molar-refractivity contribution in [3.05, 3.63) is 60.2 Å². The summed E-state index contributed by atoms with van der Waals surface area (Å²) in [5.74, 6) is -0.926. The van der Waals surface area contributed by atoms with Crippen molar-refractivity contribution in [3.8, 4) is 0 Å². The summed E-state index contributed by atoms with van der Waals surface area (Å²) in [6.07, 6.45) is 6.13. The zero-order chi connectivity index (χ0) is 28.8. The van der Waals surface area contributed by atoms with E-state index in [-0.39, 0.29) is 5.12 Å². The first-order chi connectivity index (χ1) is 18.5. The van der Waals surface area contributed by atoms with Crippen LogP contribution in [-0.2, 0) is 16.0 Å². The molecular formula is C31H48N2O3S2. The van der Waals surface area contributed by atoms with Crippen LogP contribution in [0.15, 0.2) is 58.9 Å².